The maximum absolute atomic E-state index is 4.52. The molecule has 1 aromatic rings. The molecule has 0 unspecified atom stereocenters. The number of aromatic nitrogens is 2. The molecule has 2 heterocycles. The van der Waals surface area contributed by atoms with Gasteiger partial charge in [-0.15, -0.1) is 0 Å². The molecule has 0 amide bonds. The van der Waals surface area contributed by atoms with E-state index in [0.29, 0.717) is 0 Å². The number of hydrogen-bond donors (Lipinski definition) is 1. The van der Waals surface area contributed by atoms with Gasteiger partial charge in [0.15, 0.2) is 5.82 Å². The minimum Gasteiger partial charge on any atom is -0.379 e. The molecule has 0 saturated heterocycles. The number of aryl methyl sites for hydroxylation is 2. The number of anilines is 2. The Labute approximate surface area is 84.9 Å². The number of likely N-dealkylation sites (N-methyl/N-ethyl adjacent to an activating group) is 1. The van der Waals surface area contributed by atoms with Crippen molar-refractivity contribution in [3.8, 4) is 0 Å². The van der Waals surface area contributed by atoms with Crippen LogP contribution in [0.3, 0.4) is 0 Å². The Morgan fingerprint density at radius 3 is 2.86 bits per heavy atom. The first-order valence-corrected chi connectivity index (χ1v) is 5.32. The Kier molecular flexibility index (Phi) is 2.35. The van der Waals surface area contributed by atoms with E-state index in [2.05, 4.69) is 29.2 Å². The first kappa shape index (κ1) is 9.37. The van der Waals surface area contributed by atoms with E-state index in [1.54, 1.807) is 0 Å². The molecule has 1 N–H and O–H groups in total. The van der Waals surface area contributed by atoms with Crippen LogP contribution in [0.15, 0.2) is 0 Å². The minimum atomic E-state index is 0.994. The van der Waals surface area contributed by atoms with E-state index in [1.165, 1.54) is 17.2 Å². The van der Waals surface area contributed by atoms with Gasteiger partial charge in [-0.25, -0.2) is 0 Å². The molecule has 0 fully saturated rings. The summed E-state index contributed by atoms with van der Waals surface area (Å²) in [5.41, 5.74) is 2.42. The number of nitrogens with zero attached hydrogens (tertiary/aromatic N) is 3. The first-order valence-electron chi connectivity index (χ1n) is 5.32. The smallest absolute Gasteiger partial charge is 0.150 e. The van der Waals surface area contributed by atoms with E-state index in [9.17, 15) is 0 Å². The van der Waals surface area contributed by atoms with Crippen molar-refractivity contribution in [2.45, 2.75) is 20.3 Å². The van der Waals surface area contributed by atoms with Crippen LogP contribution in [-0.4, -0.2) is 29.4 Å². The largest absolute Gasteiger partial charge is 0.379 e. The van der Waals surface area contributed by atoms with Crippen LogP contribution in [0, 0.1) is 0 Å². The van der Waals surface area contributed by atoms with Crippen molar-refractivity contribution in [2.24, 2.45) is 7.05 Å². The van der Waals surface area contributed by atoms with Crippen molar-refractivity contribution >= 4 is 11.5 Å². The molecule has 1 aliphatic heterocycles. The summed E-state index contributed by atoms with van der Waals surface area (Å²) in [6.45, 7) is 7.49. The molecule has 1 aliphatic rings. The number of fused-ring (bicyclic) bond motifs is 1. The lowest BCUT2D eigenvalue weighted by atomic mass is 10.2. The Morgan fingerprint density at radius 1 is 1.43 bits per heavy atom. The molecular weight excluding hydrogens is 176 g/mol. The normalized spacial score (nSPS) is 15.2. The maximum Gasteiger partial charge on any atom is 0.150 e. The van der Waals surface area contributed by atoms with Gasteiger partial charge < -0.3 is 10.2 Å². The van der Waals surface area contributed by atoms with Gasteiger partial charge >= 0.3 is 0 Å². The van der Waals surface area contributed by atoms with Crippen molar-refractivity contribution in [2.75, 3.05) is 29.9 Å². The average Bonchev–Trinajstić information content (AvgIpc) is 2.55. The standard InChI is InChI=1S/C10H18N4/c1-4-8-9-10(13(3)12-8)14(5-2)7-6-11-9/h11H,4-7H2,1-3H3. The van der Waals surface area contributed by atoms with E-state index < -0.39 is 0 Å². The molecule has 0 aromatic carbocycles. The summed E-state index contributed by atoms with van der Waals surface area (Å²) in [6, 6.07) is 0. The van der Waals surface area contributed by atoms with Gasteiger partial charge in [0.1, 0.15) is 5.69 Å². The van der Waals surface area contributed by atoms with Crippen molar-refractivity contribution < 1.29 is 0 Å². The molecule has 0 spiro atoms. The summed E-state index contributed by atoms with van der Waals surface area (Å²) in [5, 5.41) is 7.96. The van der Waals surface area contributed by atoms with Crippen LogP contribution in [0.4, 0.5) is 11.5 Å². The highest BCUT2D eigenvalue weighted by molar-refractivity contribution is 5.71. The predicted octanol–water partition coefficient (Wildman–Crippen LogP) is 1.23. The van der Waals surface area contributed by atoms with Gasteiger partial charge in [-0.3, -0.25) is 4.68 Å². The molecule has 1 aromatic heterocycles. The molecule has 0 atom stereocenters. The van der Waals surface area contributed by atoms with Crippen molar-refractivity contribution in [1.29, 1.82) is 0 Å². The Balaban J connectivity index is 2.46. The predicted molar refractivity (Wildman–Crippen MR) is 59.0 cm³/mol. The van der Waals surface area contributed by atoms with E-state index in [1.807, 2.05) is 11.7 Å². The van der Waals surface area contributed by atoms with Crippen LogP contribution in [0.5, 0.6) is 0 Å². The van der Waals surface area contributed by atoms with Gasteiger partial charge in [0.25, 0.3) is 0 Å². The fraction of sp³-hybridized carbons (Fsp3) is 0.700. The van der Waals surface area contributed by atoms with Crippen LogP contribution in [0.25, 0.3) is 0 Å². The number of hydrogen-bond acceptors (Lipinski definition) is 3. The zero-order valence-electron chi connectivity index (χ0n) is 9.17. The summed E-state index contributed by atoms with van der Waals surface area (Å²) in [5.74, 6) is 1.25. The zero-order valence-corrected chi connectivity index (χ0v) is 9.17. The molecule has 0 bridgehead atoms. The fourth-order valence-electron chi connectivity index (χ4n) is 2.09. The monoisotopic (exact) mass is 194 g/mol. The lowest BCUT2D eigenvalue weighted by Crippen LogP contribution is -2.34. The molecule has 2 rings (SSSR count). The van der Waals surface area contributed by atoms with E-state index in [-0.39, 0.29) is 0 Å². The average molecular weight is 194 g/mol. The van der Waals surface area contributed by atoms with Gasteiger partial charge in [-0.2, -0.15) is 5.10 Å². The van der Waals surface area contributed by atoms with Crippen LogP contribution in [0.2, 0.25) is 0 Å². The van der Waals surface area contributed by atoms with Gasteiger partial charge in [-0.1, -0.05) is 6.92 Å². The van der Waals surface area contributed by atoms with Crippen molar-refractivity contribution in [1.82, 2.24) is 9.78 Å². The van der Waals surface area contributed by atoms with Crippen molar-refractivity contribution in [3.63, 3.8) is 0 Å². The molecule has 0 saturated carbocycles. The first-order chi connectivity index (χ1) is 6.77. The third kappa shape index (κ3) is 1.25. The number of rotatable bonds is 2. The van der Waals surface area contributed by atoms with Gasteiger partial charge in [0.2, 0.25) is 0 Å². The second-order valence-electron chi connectivity index (χ2n) is 3.63. The maximum atomic E-state index is 4.52. The fourth-order valence-corrected chi connectivity index (χ4v) is 2.09. The second kappa shape index (κ2) is 3.52. The van der Waals surface area contributed by atoms with E-state index in [4.69, 9.17) is 0 Å². The molecule has 78 valence electrons. The van der Waals surface area contributed by atoms with Gasteiger partial charge in [0, 0.05) is 26.7 Å². The number of nitrogens with one attached hydrogen (secondary N) is 1. The third-order valence-electron chi connectivity index (χ3n) is 2.79. The van der Waals surface area contributed by atoms with Crippen LogP contribution < -0.4 is 10.2 Å². The summed E-state index contributed by atoms with van der Waals surface area (Å²) in [4.78, 5) is 2.37. The summed E-state index contributed by atoms with van der Waals surface area (Å²) in [7, 11) is 2.02. The molecule has 4 nitrogen and oxygen atoms in total. The summed E-state index contributed by atoms with van der Waals surface area (Å²) < 4.78 is 1.99. The highest BCUT2D eigenvalue weighted by Crippen LogP contribution is 2.31. The van der Waals surface area contributed by atoms with Crippen LogP contribution in [0.1, 0.15) is 19.5 Å². The van der Waals surface area contributed by atoms with Gasteiger partial charge in [-0.05, 0) is 13.3 Å². The second-order valence-corrected chi connectivity index (χ2v) is 3.63. The third-order valence-corrected chi connectivity index (χ3v) is 2.79. The molecule has 0 radical (unpaired) electrons. The Morgan fingerprint density at radius 2 is 2.21 bits per heavy atom. The topological polar surface area (TPSA) is 33.1 Å². The van der Waals surface area contributed by atoms with E-state index >= 15 is 0 Å². The Hall–Kier alpha value is -1.19. The SMILES string of the molecule is CCc1nn(C)c2c1NCCN2CC. The molecular formula is C10H18N4. The minimum absolute atomic E-state index is 0.994. The highest BCUT2D eigenvalue weighted by atomic mass is 15.4. The summed E-state index contributed by atoms with van der Waals surface area (Å²) in [6.07, 6.45) is 0.994. The lowest BCUT2D eigenvalue weighted by Gasteiger charge is -2.29. The molecule has 14 heavy (non-hydrogen) atoms. The van der Waals surface area contributed by atoms with Crippen LogP contribution in [-0.2, 0) is 13.5 Å². The lowest BCUT2D eigenvalue weighted by molar-refractivity contribution is 0.701. The van der Waals surface area contributed by atoms with Crippen molar-refractivity contribution in [3.05, 3.63) is 5.69 Å². The molecule has 0 aliphatic carbocycles. The zero-order chi connectivity index (χ0) is 10.1. The highest BCUT2D eigenvalue weighted by Gasteiger charge is 2.22. The van der Waals surface area contributed by atoms with E-state index in [0.717, 1.165) is 26.1 Å². The van der Waals surface area contributed by atoms with Crippen LogP contribution >= 0.6 is 0 Å². The molecule has 4 heteroatoms. The summed E-state index contributed by atoms with van der Waals surface area (Å²) >= 11 is 0. The van der Waals surface area contributed by atoms with Gasteiger partial charge in [0.05, 0.1) is 5.69 Å². The Bertz CT molecular complexity index is 329. The quantitative estimate of drug-likeness (QED) is 0.769.